The van der Waals surface area contributed by atoms with Crippen LogP contribution in [0.4, 0.5) is 0 Å². The number of nitrogens with one attached hydrogen (secondary N) is 1. The number of guanidine groups is 1. The van der Waals surface area contributed by atoms with Crippen LogP contribution in [0.15, 0.2) is 41.5 Å². The van der Waals surface area contributed by atoms with Gasteiger partial charge in [-0.15, -0.1) is 0 Å². The first-order chi connectivity index (χ1) is 13.3. The summed E-state index contributed by atoms with van der Waals surface area (Å²) < 4.78 is 6.11. The normalized spacial score (nSPS) is 29.5. The first kappa shape index (κ1) is 17.0. The molecule has 5 nitrogen and oxygen atoms in total. The van der Waals surface area contributed by atoms with Crippen LogP contribution in [-0.2, 0) is 11.2 Å². The minimum absolute atomic E-state index is 0.495. The average Bonchev–Trinajstić information content (AvgIpc) is 3.41. The SMILES string of the molecule is CCNC(=NCCc1cccc2cccnc12)N1CC2C3CCC(O3)C2C1. The lowest BCUT2D eigenvalue weighted by atomic mass is 9.82. The van der Waals surface area contributed by atoms with Crippen LogP contribution in [0.25, 0.3) is 10.9 Å². The third-order valence-electron chi connectivity index (χ3n) is 6.45. The summed E-state index contributed by atoms with van der Waals surface area (Å²) in [7, 11) is 0. The molecule has 3 saturated heterocycles. The fourth-order valence-electron chi connectivity index (χ4n) is 5.21. The van der Waals surface area contributed by atoms with Crippen LogP contribution >= 0.6 is 0 Å². The number of hydrogen-bond donors (Lipinski definition) is 1. The van der Waals surface area contributed by atoms with Crippen molar-refractivity contribution in [2.75, 3.05) is 26.2 Å². The predicted molar refractivity (Wildman–Crippen MR) is 108 cm³/mol. The predicted octanol–water partition coefficient (Wildman–Crippen LogP) is 2.85. The first-order valence-electron chi connectivity index (χ1n) is 10.3. The molecule has 4 unspecified atom stereocenters. The molecule has 0 radical (unpaired) electrons. The van der Waals surface area contributed by atoms with E-state index in [2.05, 4.69) is 46.4 Å². The summed E-state index contributed by atoms with van der Waals surface area (Å²) in [4.78, 5) is 12.0. The van der Waals surface area contributed by atoms with E-state index >= 15 is 0 Å². The summed E-state index contributed by atoms with van der Waals surface area (Å²) in [5.41, 5.74) is 2.38. The van der Waals surface area contributed by atoms with Crippen LogP contribution in [0.2, 0.25) is 0 Å². The topological polar surface area (TPSA) is 49.8 Å². The summed E-state index contributed by atoms with van der Waals surface area (Å²) in [5, 5.41) is 4.71. The van der Waals surface area contributed by atoms with Crippen LogP contribution < -0.4 is 5.32 Å². The maximum atomic E-state index is 6.11. The molecule has 5 heteroatoms. The minimum Gasteiger partial charge on any atom is -0.374 e. The van der Waals surface area contributed by atoms with Crippen molar-refractivity contribution in [2.24, 2.45) is 16.8 Å². The number of aliphatic imine (C=N–C) groups is 1. The highest BCUT2D eigenvalue weighted by Gasteiger charge is 2.53. The lowest BCUT2D eigenvalue weighted by molar-refractivity contribution is 0.0767. The van der Waals surface area contributed by atoms with Gasteiger partial charge >= 0.3 is 0 Å². The van der Waals surface area contributed by atoms with Gasteiger partial charge in [-0.1, -0.05) is 24.3 Å². The summed E-state index contributed by atoms with van der Waals surface area (Å²) in [5.74, 6) is 2.48. The molecule has 1 N–H and O–H groups in total. The highest BCUT2D eigenvalue weighted by molar-refractivity contribution is 5.82. The summed E-state index contributed by atoms with van der Waals surface area (Å²) in [6.45, 7) is 6.02. The fraction of sp³-hybridized carbons (Fsp3) is 0.545. The Bertz CT molecular complexity index is 828. The molecule has 0 aliphatic carbocycles. The van der Waals surface area contributed by atoms with E-state index in [1.807, 2.05) is 12.3 Å². The zero-order valence-corrected chi connectivity index (χ0v) is 16.0. The van der Waals surface area contributed by atoms with E-state index in [4.69, 9.17) is 9.73 Å². The smallest absolute Gasteiger partial charge is 0.193 e. The fourth-order valence-corrected chi connectivity index (χ4v) is 5.21. The second kappa shape index (κ2) is 7.12. The van der Waals surface area contributed by atoms with Crippen molar-refractivity contribution >= 4 is 16.9 Å². The number of benzene rings is 1. The number of aromatic nitrogens is 1. The van der Waals surface area contributed by atoms with Gasteiger partial charge in [-0.25, -0.2) is 0 Å². The largest absolute Gasteiger partial charge is 0.374 e. The molecule has 0 spiro atoms. The van der Waals surface area contributed by atoms with E-state index in [0.717, 1.165) is 44.1 Å². The average molecular weight is 364 g/mol. The van der Waals surface area contributed by atoms with Crippen LogP contribution in [0.1, 0.15) is 25.3 Å². The van der Waals surface area contributed by atoms with E-state index in [1.165, 1.54) is 23.8 Å². The highest BCUT2D eigenvalue weighted by atomic mass is 16.5. The monoisotopic (exact) mass is 364 g/mol. The molecule has 4 heterocycles. The molecular weight excluding hydrogens is 336 g/mol. The number of ether oxygens (including phenoxy) is 1. The van der Waals surface area contributed by atoms with Crippen LogP contribution in [0.5, 0.6) is 0 Å². The van der Waals surface area contributed by atoms with Crippen LogP contribution in [0, 0.1) is 11.8 Å². The number of nitrogens with zero attached hydrogens (tertiary/aromatic N) is 3. The van der Waals surface area contributed by atoms with Gasteiger partial charge in [0.2, 0.25) is 0 Å². The number of hydrogen-bond acceptors (Lipinski definition) is 3. The lowest BCUT2D eigenvalue weighted by Crippen LogP contribution is -2.41. The van der Waals surface area contributed by atoms with Crippen molar-refractivity contribution in [1.29, 1.82) is 0 Å². The Balaban J connectivity index is 1.29. The van der Waals surface area contributed by atoms with Gasteiger partial charge in [0.15, 0.2) is 5.96 Å². The van der Waals surface area contributed by atoms with E-state index in [1.54, 1.807) is 0 Å². The van der Waals surface area contributed by atoms with Gasteiger partial charge in [-0.3, -0.25) is 9.98 Å². The third-order valence-corrected chi connectivity index (χ3v) is 6.45. The zero-order chi connectivity index (χ0) is 18.2. The standard InChI is InChI=1S/C22H28N4O/c1-2-23-22(26-13-17-18(14-26)20-9-8-19(17)27-20)25-12-10-16-6-3-5-15-7-4-11-24-21(15)16/h3-7,11,17-20H,2,8-10,12-14H2,1H3,(H,23,25). The molecule has 0 saturated carbocycles. The second-order valence-electron chi connectivity index (χ2n) is 8.00. The quantitative estimate of drug-likeness (QED) is 0.669. The number of para-hydroxylation sites is 1. The van der Waals surface area contributed by atoms with Gasteiger partial charge < -0.3 is 15.0 Å². The van der Waals surface area contributed by atoms with Crippen LogP contribution in [0.3, 0.4) is 0 Å². The van der Waals surface area contributed by atoms with Gasteiger partial charge in [-0.05, 0) is 37.8 Å². The number of pyridine rings is 1. The molecule has 27 heavy (non-hydrogen) atoms. The number of fused-ring (bicyclic) bond motifs is 6. The van der Waals surface area contributed by atoms with E-state index in [9.17, 15) is 0 Å². The highest BCUT2D eigenvalue weighted by Crippen LogP contribution is 2.47. The van der Waals surface area contributed by atoms with Gasteiger partial charge in [0, 0.05) is 49.6 Å². The molecule has 3 aliphatic heterocycles. The Kier molecular flexibility index (Phi) is 4.48. The van der Waals surface area contributed by atoms with Crippen molar-refractivity contribution < 1.29 is 4.74 Å². The Labute approximate surface area is 160 Å². The Morgan fingerprint density at radius 1 is 1.19 bits per heavy atom. The molecule has 1 aromatic heterocycles. The summed E-state index contributed by atoms with van der Waals surface area (Å²) in [6, 6.07) is 10.5. The molecule has 2 aromatic rings. The van der Waals surface area contributed by atoms with Gasteiger partial charge in [0.25, 0.3) is 0 Å². The molecule has 5 rings (SSSR count). The van der Waals surface area contributed by atoms with Crippen molar-refractivity contribution in [3.63, 3.8) is 0 Å². The van der Waals surface area contributed by atoms with Gasteiger partial charge in [-0.2, -0.15) is 0 Å². The summed E-state index contributed by atoms with van der Waals surface area (Å²) in [6.07, 6.45) is 6.28. The third kappa shape index (κ3) is 3.08. The van der Waals surface area contributed by atoms with Crippen molar-refractivity contribution in [2.45, 2.75) is 38.4 Å². The maximum Gasteiger partial charge on any atom is 0.193 e. The molecule has 142 valence electrons. The number of likely N-dealkylation sites (tertiary alicyclic amines) is 1. The molecule has 0 amide bonds. The second-order valence-corrected chi connectivity index (χ2v) is 8.00. The zero-order valence-electron chi connectivity index (χ0n) is 16.0. The molecule has 1 aromatic carbocycles. The Morgan fingerprint density at radius 2 is 1.96 bits per heavy atom. The number of rotatable bonds is 4. The molecular formula is C22H28N4O. The molecule has 3 aliphatic rings. The van der Waals surface area contributed by atoms with Crippen molar-refractivity contribution in [3.05, 3.63) is 42.1 Å². The van der Waals surface area contributed by atoms with Crippen molar-refractivity contribution in [3.8, 4) is 0 Å². The molecule has 2 bridgehead atoms. The van der Waals surface area contributed by atoms with E-state index in [-0.39, 0.29) is 0 Å². The molecule has 3 fully saturated rings. The maximum absolute atomic E-state index is 6.11. The lowest BCUT2D eigenvalue weighted by Gasteiger charge is -2.23. The van der Waals surface area contributed by atoms with Gasteiger partial charge in [0.1, 0.15) is 0 Å². The van der Waals surface area contributed by atoms with E-state index in [0.29, 0.717) is 24.0 Å². The van der Waals surface area contributed by atoms with Crippen molar-refractivity contribution in [1.82, 2.24) is 15.2 Å². The van der Waals surface area contributed by atoms with E-state index < -0.39 is 0 Å². The van der Waals surface area contributed by atoms with Crippen LogP contribution in [-0.4, -0.2) is 54.2 Å². The first-order valence-corrected chi connectivity index (χ1v) is 10.3. The summed E-state index contributed by atoms with van der Waals surface area (Å²) >= 11 is 0. The Morgan fingerprint density at radius 3 is 2.74 bits per heavy atom. The Hall–Kier alpha value is -2.14. The minimum atomic E-state index is 0.495. The van der Waals surface area contributed by atoms with Gasteiger partial charge in [0.05, 0.1) is 17.7 Å². The molecule has 4 atom stereocenters.